The number of hydrogen-bond acceptors (Lipinski definition) is 3. The lowest BCUT2D eigenvalue weighted by Crippen LogP contribution is -2.10. The van der Waals surface area contributed by atoms with Crippen LogP contribution < -0.4 is 4.74 Å². The molecule has 0 radical (unpaired) electrons. The number of ether oxygens (including phenoxy) is 1. The van der Waals surface area contributed by atoms with Crippen LogP contribution in [0.4, 0.5) is 13.2 Å². The van der Waals surface area contributed by atoms with Gasteiger partial charge in [-0.1, -0.05) is 12.1 Å². The van der Waals surface area contributed by atoms with Crippen molar-refractivity contribution in [3.63, 3.8) is 0 Å². The Morgan fingerprint density at radius 2 is 2.00 bits per heavy atom. The second-order valence-electron chi connectivity index (χ2n) is 4.20. The molecule has 0 fully saturated rings. The zero-order valence-electron chi connectivity index (χ0n) is 10.4. The number of nitrogens with zero attached hydrogens (tertiary/aromatic N) is 2. The number of nitriles is 1. The number of pyridine rings is 1. The van der Waals surface area contributed by atoms with Crippen molar-refractivity contribution in [2.24, 2.45) is 0 Å². The van der Waals surface area contributed by atoms with Crippen LogP contribution in [-0.4, -0.2) is 17.8 Å². The molecule has 0 aliphatic rings. The normalized spacial score (nSPS) is 11.3. The Kier molecular flexibility index (Phi) is 4.08. The zero-order chi connectivity index (χ0) is 14.6. The molecule has 0 amide bonds. The van der Waals surface area contributed by atoms with Crippen LogP contribution in [0, 0.1) is 11.3 Å². The highest BCUT2D eigenvalue weighted by atomic mass is 19.4. The first-order valence-corrected chi connectivity index (χ1v) is 5.98. The fourth-order valence-corrected chi connectivity index (χ4v) is 1.80. The van der Waals surface area contributed by atoms with Crippen LogP contribution in [-0.2, 0) is 0 Å². The SMILES string of the molecule is N#Cc1cnc2ccccc2c1OCCCC(F)(F)F. The first kappa shape index (κ1) is 14.1. The summed E-state index contributed by atoms with van der Waals surface area (Å²) in [6, 6.07) is 8.95. The standard InChI is InChI=1S/C14H11F3N2O/c15-14(16,17)6-3-7-20-13-10(8-18)9-19-12-5-2-1-4-11(12)13/h1-2,4-5,9H,3,6-7H2. The highest BCUT2D eigenvalue weighted by molar-refractivity contribution is 5.86. The van der Waals surface area contributed by atoms with E-state index in [-0.39, 0.29) is 18.6 Å². The number of halogens is 3. The molecule has 0 saturated carbocycles. The molecule has 20 heavy (non-hydrogen) atoms. The molecule has 1 heterocycles. The van der Waals surface area contributed by atoms with Crippen molar-refractivity contribution in [2.45, 2.75) is 19.0 Å². The van der Waals surface area contributed by atoms with Gasteiger partial charge in [-0.05, 0) is 18.6 Å². The number of hydrogen-bond donors (Lipinski definition) is 0. The topological polar surface area (TPSA) is 45.9 Å². The smallest absolute Gasteiger partial charge is 0.389 e. The molecule has 6 heteroatoms. The maximum Gasteiger partial charge on any atom is 0.389 e. The van der Waals surface area contributed by atoms with Crippen LogP contribution in [0.3, 0.4) is 0 Å². The third-order valence-electron chi connectivity index (χ3n) is 2.70. The van der Waals surface area contributed by atoms with Gasteiger partial charge in [0.15, 0.2) is 0 Å². The lowest BCUT2D eigenvalue weighted by Gasteiger charge is -2.11. The van der Waals surface area contributed by atoms with E-state index < -0.39 is 12.6 Å². The number of aromatic nitrogens is 1. The predicted octanol–water partition coefficient (Wildman–Crippen LogP) is 3.83. The maximum atomic E-state index is 12.1. The molecule has 0 unspecified atom stereocenters. The number of alkyl halides is 3. The van der Waals surface area contributed by atoms with E-state index in [1.54, 1.807) is 24.3 Å². The van der Waals surface area contributed by atoms with Gasteiger partial charge in [0.05, 0.1) is 12.1 Å². The monoisotopic (exact) mass is 280 g/mol. The number of benzene rings is 1. The van der Waals surface area contributed by atoms with Gasteiger partial charge in [0.1, 0.15) is 17.4 Å². The number of rotatable bonds is 4. The van der Waals surface area contributed by atoms with Gasteiger partial charge in [-0.2, -0.15) is 18.4 Å². The number of fused-ring (bicyclic) bond motifs is 1. The summed E-state index contributed by atoms with van der Waals surface area (Å²) in [5.74, 6) is 0.292. The van der Waals surface area contributed by atoms with Gasteiger partial charge in [0.2, 0.25) is 0 Å². The highest BCUT2D eigenvalue weighted by Gasteiger charge is 2.26. The molecule has 1 aromatic carbocycles. The predicted molar refractivity (Wildman–Crippen MR) is 67.2 cm³/mol. The minimum atomic E-state index is -4.19. The van der Waals surface area contributed by atoms with Gasteiger partial charge in [-0.15, -0.1) is 0 Å². The fraction of sp³-hybridized carbons (Fsp3) is 0.286. The van der Waals surface area contributed by atoms with Crippen LogP contribution in [0.2, 0.25) is 0 Å². The number of para-hydroxylation sites is 1. The van der Waals surface area contributed by atoms with E-state index in [0.29, 0.717) is 16.7 Å². The minimum absolute atomic E-state index is 0.0950. The van der Waals surface area contributed by atoms with E-state index in [1.165, 1.54) is 6.20 Å². The Morgan fingerprint density at radius 1 is 1.25 bits per heavy atom. The van der Waals surface area contributed by atoms with Crippen LogP contribution in [0.1, 0.15) is 18.4 Å². The van der Waals surface area contributed by atoms with E-state index >= 15 is 0 Å². The van der Waals surface area contributed by atoms with Crippen molar-refractivity contribution in [2.75, 3.05) is 6.61 Å². The molecule has 0 spiro atoms. The second kappa shape index (κ2) is 5.78. The molecular weight excluding hydrogens is 269 g/mol. The summed E-state index contributed by atoms with van der Waals surface area (Å²) >= 11 is 0. The summed E-state index contributed by atoms with van der Waals surface area (Å²) in [7, 11) is 0. The lowest BCUT2D eigenvalue weighted by atomic mass is 10.1. The first-order valence-electron chi connectivity index (χ1n) is 5.98. The molecular formula is C14H11F3N2O. The lowest BCUT2D eigenvalue weighted by molar-refractivity contribution is -0.136. The second-order valence-corrected chi connectivity index (χ2v) is 4.20. The van der Waals surface area contributed by atoms with E-state index in [2.05, 4.69) is 4.98 Å². The van der Waals surface area contributed by atoms with Gasteiger partial charge in [-0.25, -0.2) is 0 Å². The molecule has 0 saturated heterocycles. The minimum Gasteiger partial charge on any atom is -0.491 e. The molecule has 3 nitrogen and oxygen atoms in total. The first-order chi connectivity index (χ1) is 9.51. The third kappa shape index (κ3) is 3.38. The highest BCUT2D eigenvalue weighted by Crippen LogP contribution is 2.28. The molecule has 2 aromatic rings. The van der Waals surface area contributed by atoms with Crippen LogP contribution >= 0.6 is 0 Å². The summed E-state index contributed by atoms with van der Waals surface area (Å²) in [5.41, 5.74) is 0.855. The Bertz CT molecular complexity index is 647. The fourth-order valence-electron chi connectivity index (χ4n) is 1.80. The van der Waals surface area contributed by atoms with E-state index in [9.17, 15) is 13.2 Å². The molecule has 104 valence electrons. The van der Waals surface area contributed by atoms with Crippen molar-refractivity contribution < 1.29 is 17.9 Å². The molecule has 0 atom stereocenters. The van der Waals surface area contributed by atoms with Crippen molar-refractivity contribution in [1.82, 2.24) is 4.98 Å². The summed E-state index contributed by atoms with van der Waals surface area (Å²) in [5, 5.41) is 9.64. The molecule has 0 N–H and O–H groups in total. The summed E-state index contributed by atoms with van der Waals surface area (Å²) < 4.78 is 41.6. The van der Waals surface area contributed by atoms with Gasteiger partial charge in [-0.3, -0.25) is 4.98 Å². The van der Waals surface area contributed by atoms with Crippen molar-refractivity contribution in [3.8, 4) is 11.8 Å². The maximum absolute atomic E-state index is 12.1. The largest absolute Gasteiger partial charge is 0.491 e. The van der Waals surface area contributed by atoms with Gasteiger partial charge in [0, 0.05) is 18.0 Å². The summed E-state index contributed by atoms with van der Waals surface area (Å²) in [6.07, 6.45) is -3.88. The Labute approximate surface area is 113 Å². The molecule has 2 rings (SSSR count). The average molecular weight is 280 g/mol. The van der Waals surface area contributed by atoms with Crippen LogP contribution in [0.15, 0.2) is 30.5 Å². The summed E-state index contributed by atoms with van der Waals surface area (Å²) in [6.45, 7) is -0.0950. The van der Waals surface area contributed by atoms with Crippen molar-refractivity contribution >= 4 is 10.9 Å². The van der Waals surface area contributed by atoms with Crippen LogP contribution in [0.5, 0.6) is 5.75 Å². The average Bonchev–Trinajstić information content (AvgIpc) is 2.42. The quantitative estimate of drug-likeness (QED) is 0.800. The van der Waals surface area contributed by atoms with E-state index in [0.717, 1.165) is 0 Å². The van der Waals surface area contributed by atoms with E-state index in [4.69, 9.17) is 10.00 Å². The molecule has 0 aliphatic heterocycles. The zero-order valence-corrected chi connectivity index (χ0v) is 10.4. The molecule has 0 bridgehead atoms. The van der Waals surface area contributed by atoms with Gasteiger partial charge in [0.25, 0.3) is 0 Å². The summed E-state index contributed by atoms with van der Waals surface area (Å²) in [4.78, 5) is 4.10. The van der Waals surface area contributed by atoms with Gasteiger partial charge < -0.3 is 4.74 Å². The van der Waals surface area contributed by atoms with E-state index in [1.807, 2.05) is 6.07 Å². The molecule has 0 aliphatic carbocycles. The van der Waals surface area contributed by atoms with Gasteiger partial charge >= 0.3 is 6.18 Å². The Morgan fingerprint density at radius 3 is 2.70 bits per heavy atom. The van der Waals surface area contributed by atoms with Crippen molar-refractivity contribution in [1.29, 1.82) is 5.26 Å². The Hall–Kier alpha value is -2.29. The third-order valence-corrected chi connectivity index (χ3v) is 2.70. The van der Waals surface area contributed by atoms with Crippen LogP contribution in [0.25, 0.3) is 10.9 Å². The Balaban J connectivity index is 2.18. The van der Waals surface area contributed by atoms with Crippen molar-refractivity contribution in [3.05, 3.63) is 36.0 Å². The molecule has 1 aromatic heterocycles.